The van der Waals surface area contributed by atoms with Gasteiger partial charge in [0.05, 0.1) is 38.8 Å². The highest BCUT2D eigenvalue weighted by atomic mass is 15.2. The van der Waals surface area contributed by atoms with Gasteiger partial charge in [0.15, 0.2) is 0 Å². The van der Waals surface area contributed by atoms with E-state index >= 15 is 0 Å². The minimum absolute atomic E-state index is 0.684. The third-order valence-corrected chi connectivity index (χ3v) is 10.6. The summed E-state index contributed by atoms with van der Waals surface area (Å²) in [4.78, 5) is 10.6. The number of nitrogens with zero attached hydrogens (tertiary/aromatic N) is 4. The van der Waals surface area contributed by atoms with Crippen LogP contribution in [0.5, 0.6) is 0 Å². The predicted octanol–water partition coefficient (Wildman–Crippen LogP) is 11.3. The summed E-state index contributed by atoms with van der Waals surface area (Å²) in [5.74, 6) is 0.684. The van der Waals surface area contributed by atoms with Gasteiger partial charge in [0.1, 0.15) is 0 Å². The van der Waals surface area contributed by atoms with Crippen LogP contribution in [0, 0.1) is 0 Å². The molecule has 0 radical (unpaired) electrons. The fraction of sp³-hybridized carbons (Fsp3) is 0. The maximum Gasteiger partial charge on any atom is 0.235 e. The zero-order chi connectivity index (χ0) is 31.1. The SMILES string of the molecule is c1ccc(-c2nc(-n3c4ccc5cccc6c5c4c4c5c(ccc7c8cc9ccccc9cc8n6c75)ccc43)nc3ccccc23)cc1. The molecular formula is C44H24N4. The second-order valence-electron chi connectivity index (χ2n) is 13.0. The smallest absolute Gasteiger partial charge is 0.235 e. The van der Waals surface area contributed by atoms with Gasteiger partial charge >= 0.3 is 0 Å². The highest BCUT2D eigenvalue weighted by molar-refractivity contribution is 6.38. The lowest BCUT2D eigenvalue weighted by Crippen LogP contribution is -2.03. The number of hydrogen-bond acceptors (Lipinski definition) is 2. The van der Waals surface area contributed by atoms with Crippen molar-refractivity contribution in [2.45, 2.75) is 0 Å². The molecule has 0 unspecified atom stereocenters. The van der Waals surface area contributed by atoms with E-state index in [0.717, 1.165) is 33.2 Å². The second kappa shape index (κ2) is 8.64. The first-order valence-corrected chi connectivity index (χ1v) is 16.4. The van der Waals surface area contributed by atoms with E-state index in [-0.39, 0.29) is 0 Å². The zero-order valence-electron chi connectivity index (χ0n) is 25.6. The Morgan fingerprint density at radius 1 is 0.396 bits per heavy atom. The quantitative estimate of drug-likeness (QED) is 0.196. The normalized spacial score (nSPS) is 12.6. The molecule has 4 nitrogen and oxygen atoms in total. The van der Waals surface area contributed by atoms with E-state index in [1.807, 2.05) is 0 Å². The maximum absolute atomic E-state index is 5.36. The van der Waals surface area contributed by atoms with Crippen LogP contribution in [0.15, 0.2) is 146 Å². The van der Waals surface area contributed by atoms with Crippen molar-refractivity contribution in [2.24, 2.45) is 0 Å². The zero-order valence-corrected chi connectivity index (χ0v) is 25.6. The van der Waals surface area contributed by atoms with Gasteiger partial charge in [-0.25, -0.2) is 9.97 Å². The van der Waals surface area contributed by atoms with Gasteiger partial charge < -0.3 is 4.40 Å². The van der Waals surface area contributed by atoms with Crippen LogP contribution < -0.4 is 0 Å². The Kier molecular flexibility index (Phi) is 4.44. The van der Waals surface area contributed by atoms with Gasteiger partial charge in [0, 0.05) is 43.3 Å². The Morgan fingerprint density at radius 3 is 1.94 bits per heavy atom. The Labute approximate surface area is 273 Å². The Balaban J connectivity index is 1.34. The highest BCUT2D eigenvalue weighted by Gasteiger charge is 2.25. The van der Waals surface area contributed by atoms with E-state index in [1.54, 1.807) is 0 Å². The van der Waals surface area contributed by atoms with E-state index < -0.39 is 0 Å². The van der Waals surface area contributed by atoms with Gasteiger partial charge in [-0.05, 0) is 57.9 Å². The molecule has 0 N–H and O–H groups in total. The first kappa shape index (κ1) is 24.7. The molecule has 220 valence electrons. The maximum atomic E-state index is 5.36. The van der Waals surface area contributed by atoms with E-state index in [2.05, 4.69) is 155 Å². The molecule has 0 saturated carbocycles. The lowest BCUT2D eigenvalue weighted by Gasteiger charge is -2.12. The molecule has 0 aliphatic rings. The number of fused-ring (bicyclic) bond motifs is 6. The third kappa shape index (κ3) is 2.96. The average Bonchev–Trinajstić information content (AvgIpc) is 3.61. The molecule has 4 heteroatoms. The van der Waals surface area contributed by atoms with Crippen LogP contribution in [0.25, 0.3) is 110 Å². The minimum atomic E-state index is 0.684. The largest absolute Gasteiger partial charge is 0.308 e. The molecule has 0 aliphatic carbocycles. The van der Waals surface area contributed by atoms with Crippen molar-refractivity contribution >= 4 is 92.3 Å². The van der Waals surface area contributed by atoms with Crippen molar-refractivity contribution in [3.8, 4) is 17.2 Å². The number of hydrogen-bond donors (Lipinski definition) is 0. The van der Waals surface area contributed by atoms with E-state index in [0.29, 0.717) is 5.95 Å². The molecule has 0 bridgehead atoms. The molecule has 0 fully saturated rings. The number of rotatable bonds is 2. The first-order valence-electron chi connectivity index (χ1n) is 16.4. The van der Waals surface area contributed by atoms with Crippen LogP contribution in [0.4, 0.5) is 0 Å². The Bertz CT molecular complexity index is 3280. The van der Waals surface area contributed by atoms with Gasteiger partial charge in [-0.15, -0.1) is 0 Å². The number of aromatic nitrogens is 4. The molecule has 0 saturated heterocycles. The van der Waals surface area contributed by atoms with Gasteiger partial charge in [0.2, 0.25) is 5.95 Å². The van der Waals surface area contributed by atoms with Crippen molar-refractivity contribution in [1.29, 1.82) is 0 Å². The van der Waals surface area contributed by atoms with Crippen LogP contribution in [0.1, 0.15) is 0 Å². The van der Waals surface area contributed by atoms with Crippen LogP contribution in [-0.2, 0) is 0 Å². The van der Waals surface area contributed by atoms with Gasteiger partial charge in [-0.3, -0.25) is 4.57 Å². The van der Waals surface area contributed by atoms with E-state index in [9.17, 15) is 0 Å². The topological polar surface area (TPSA) is 35.1 Å². The molecule has 4 aromatic heterocycles. The van der Waals surface area contributed by atoms with E-state index in [4.69, 9.17) is 9.97 Å². The minimum Gasteiger partial charge on any atom is -0.308 e. The average molecular weight is 609 g/mol. The molecule has 0 aliphatic heterocycles. The Hall–Kier alpha value is -6.52. The number of benzene rings is 8. The summed E-state index contributed by atoms with van der Waals surface area (Å²) in [6.07, 6.45) is 0. The van der Waals surface area contributed by atoms with Gasteiger partial charge in [-0.1, -0.05) is 109 Å². The van der Waals surface area contributed by atoms with Crippen molar-refractivity contribution in [3.63, 3.8) is 0 Å². The summed E-state index contributed by atoms with van der Waals surface area (Å²) >= 11 is 0. The summed E-state index contributed by atoms with van der Waals surface area (Å²) in [7, 11) is 0. The third-order valence-electron chi connectivity index (χ3n) is 10.6. The van der Waals surface area contributed by atoms with Crippen molar-refractivity contribution < 1.29 is 0 Å². The molecule has 0 atom stereocenters. The van der Waals surface area contributed by atoms with E-state index in [1.165, 1.54) is 70.4 Å². The molecule has 0 spiro atoms. The molecule has 4 heterocycles. The molecule has 12 rings (SSSR count). The lowest BCUT2D eigenvalue weighted by atomic mass is 9.98. The molecule has 0 amide bonds. The van der Waals surface area contributed by atoms with Gasteiger partial charge in [-0.2, -0.15) is 0 Å². The Morgan fingerprint density at radius 2 is 1.08 bits per heavy atom. The molecule has 8 aromatic carbocycles. The first-order chi connectivity index (χ1) is 23.8. The van der Waals surface area contributed by atoms with Crippen molar-refractivity contribution in [2.75, 3.05) is 0 Å². The monoisotopic (exact) mass is 608 g/mol. The predicted molar refractivity (Wildman–Crippen MR) is 200 cm³/mol. The van der Waals surface area contributed by atoms with Crippen LogP contribution in [0.3, 0.4) is 0 Å². The lowest BCUT2D eigenvalue weighted by molar-refractivity contribution is 1.01. The van der Waals surface area contributed by atoms with Crippen LogP contribution >= 0.6 is 0 Å². The summed E-state index contributed by atoms with van der Waals surface area (Å²) in [5, 5.41) is 13.6. The fourth-order valence-corrected chi connectivity index (χ4v) is 8.58. The van der Waals surface area contributed by atoms with Crippen LogP contribution in [-0.4, -0.2) is 18.9 Å². The summed E-state index contributed by atoms with van der Waals surface area (Å²) in [6.45, 7) is 0. The second-order valence-corrected chi connectivity index (χ2v) is 13.0. The fourth-order valence-electron chi connectivity index (χ4n) is 8.58. The molecule has 12 aromatic rings. The summed E-state index contributed by atoms with van der Waals surface area (Å²) in [5.41, 5.74) is 8.89. The standard InChI is InChI=1S/C44H24N4/c1-2-9-27(10-3-1)42-31-14-6-7-15-33(31)45-44(46-42)48-35-21-18-25-13-8-16-34-38(25)40(35)41-36(48)22-19-26-17-20-30-32-23-28-11-4-5-12-29(28)24-37(32)47(34)43(30)39(26)41/h1-24H. The highest BCUT2D eigenvalue weighted by Crippen LogP contribution is 2.48. The van der Waals surface area contributed by atoms with Gasteiger partial charge in [0.25, 0.3) is 0 Å². The van der Waals surface area contributed by atoms with Crippen molar-refractivity contribution in [3.05, 3.63) is 146 Å². The molecule has 48 heavy (non-hydrogen) atoms. The molecular weight excluding hydrogens is 585 g/mol. The number of para-hydroxylation sites is 1. The summed E-state index contributed by atoms with van der Waals surface area (Å²) < 4.78 is 4.83. The van der Waals surface area contributed by atoms with Crippen molar-refractivity contribution in [1.82, 2.24) is 18.9 Å². The van der Waals surface area contributed by atoms with Crippen LogP contribution in [0.2, 0.25) is 0 Å². The summed E-state index contributed by atoms with van der Waals surface area (Å²) in [6, 6.07) is 52.7.